The third-order valence-corrected chi connectivity index (χ3v) is 4.01. The number of carbonyl (C=O) groups is 2. The molecular formula is C15H20N2O3S. The highest BCUT2D eigenvalue weighted by molar-refractivity contribution is 8.00. The van der Waals surface area contributed by atoms with Crippen LogP contribution in [0.25, 0.3) is 0 Å². The summed E-state index contributed by atoms with van der Waals surface area (Å²) >= 11 is 1.31. The molecule has 2 rings (SSSR count). The van der Waals surface area contributed by atoms with E-state index in [4.69, 9.17) is 4.74 Å². The molecule has 0 aromatic heterocycles. The second-order valence-electron chi connectivity index (χ2n) is 4.85. The summed E-state index contributed by atoms with van der Waals surface area (Å²) < 4.78 is 5.43. The van der Waals surface area contributed by atoms with Gasteiger partial charge in [-0.05, 0) is 25.0 Å². The van der Waals surface area contributed by atoms with Crippen molar-refractivity contribution >= 4 is 29.3 Å². The summed E-state index contributed by atoms with van der Waals surface area (Å²) in [5, 5.41) is 5.61. The zero-order valence-corrected chi connectivity index (χ0v) is 12.7. The van der Waals surface area contributed by atoms with Gasteiger partial charge in [0.2, 0.25) is 11.8 Å². The number of amides is 2. The number of hydrogen-bond donors (Lipinski definition) is 2. The average molecular weight is 308 g/mol. The summed E-state index contributed by atoms with van der Waals surface area (Å²) in [6, 6.07) is 9.28. The Balaban J connectivity index is 1.55. The molecule has 5 nitrogen and oxygen atoms in total. The summed E-state index contributed by atoms with van der Waals surface area (Å²) in [5.74, 6) is 0.401. The molecule has 2 N–H and O–H groups in total. The molecule has 1 heterocycles. The number of carbonyl (C=O) groups excluding carboxylic acids is 2. The van der Waals surface area contributed by atoms with E-state index >= 15 is 0 Å². The molecule has 1 aromatic carbocycles. The second kappa shape index (κ2) is 8.69. The molecule has 0 aliphatic carbocycles. The predicted molar refractivity (Wildman–Crippen MR) is 84.4 cm³/mol. The first-order valence-corrected chi connectivity index (χ1v) is 8.20. The molecule has 114 valence electrons. The number of hydrogen-bond acceptors (Lipinski definition) is 4. The van der Waals surface area contributed by atoms with Crippen molar-refractivity contribution in [1.29, 1.82) is 0 Å². The minimum atomic E-state index is -0.0990. The van der Waals surface area contributed by atoms with Crippen molar-refractivity contribution in [2.24, 2.45) is 0 Å². The van der Waals surface area contributed by atoms with Gasteiger partial charge in [0.05, 0.1) is 17.6 Å². The highest BCUT2D eigenvalue weighted by atomic mass is 32.2. The summed E-state index contributed by atoms with van der Waals surface area (Å²) in [5.41, 5.74) is 0.769. The molecule has 0 radical (unpaired) electrons. The van der Waals surface area contributed by atoms with E-state index in [1.165, 1.54) is 11.8 Å². The van der Waals surface area contributed by atoms with E-state index in [2.05, 4.69) is 10.6 Å². The standard InChI is InChI=1S/C15H20N2O3S/c18-14(16-9-13-7-4-8-20-13)10-21-11-15(19)17-12-5-2-1-3-6-12/h1-3,5-6,13H,4,7-11H2,(H,16,18)(H,17,19). The molecule has 1 fully saturated rings. The van der Waals surface area contributed by atoms with E-state index < -0.39 is 0 Å². The van der Waals surface area contributed by atoms with Crippen LogP contribution >= 0.6 is 11.8 Å². The molecular weight excluding hydrogens is 288 g/mol. The number of anilines is 1. The smallest absolute Gasteiger partial charge is 0.234 e. The second-order valence-corrected chi connectivity index (χ2v) is 5.83. The Hall–Kier alpha value is -1.53. The molecule has 6 heteroatoms. The van der Waals surface area contributed by atoms with Gasteiger partial charge in [-0.15, -0.1) is 11.8 Å². The van der Waals surface area contributed by atoms with Crippen LogP contribution in [0, 0.1) is 0 Å². The minimum absolute atomic E-state index is 0.0528. The normalized spacial score (nSPS) is 17.4. The van der Waals surface area contributed by atoms with Crippen molar-refractivity contribution < 1.29 is 14.3 Å². The lowest BCUT2D eigenvalue weighted by Crippen LogP contribution is -2.33. The molecule has 0 spiro atoms. The molecule has 1 aliphatic rings. The zero-order valence-electron chi connectivity index (χ0n) is 11.8. The lowest BCUT2D eigenvalue weighted by molar-refractivity contribution is -0.119. The Morgan fingerprint density at radius 2 is 1.95 bits per heavy atom. The molecule has 21 heavy (non-hydrogen) atoms. The minimum Gasteiger partial charge on any atom is -0.376 e. The fraction of sp³-hybridized carbons (Fsp3) is 0.467. The fourth-order valence-corrected chi connectivity index (χ4v) is 2.69. The number of rotatable bonds is 7. The number of ether oxygens (including phenoxy) is 1. The van der Waals surface area contributed by atoms with Gasteiger partial charge in [-0.3, -0.25) is 9.59 Å². The van der Waals surface area contributed by atoms with Crippen LogP contribution in [0.3, 0.4) is 0 Å². The number of thioether (sulfide) groups is 1. The predicted octanol–water partition coefficient (Wildman–Crippen LogP) is 1.65. The van der Waals surface area contributed by atoms with Crippen molar-refractivity contribution in [2.45, 2.75) is 18.9 Å². The summed E-state index contributed by atoms with van der Waals surface area (Å²) in [6.07, 6.45) is 2.22. The Morgan fingerprint density at radius 3 is 2.67 bits per heavy atom. The van der Waals surface area contributed by atoms with E-state index in [9.17, 15) is 9.59 Å². The summed E-state index contributed by atoms with van der Waals surface area (Å²) in [4.78, 5) is 23.3. The van der Waals surface area contributed by atoms with Crippen LogP contribution in [-0.4, -0.2) is 42.6 Å². The van der Waals surface area contributed by atoms with Crippen LogP contribution in [0.5, 0.6) is 0 Å². The first kappa shape index (κ1) is 15.9. The molecule has 1 saturated heterocycles. The Kier molecular flexibility index (Phi) is 6.56. The van der Waals surface area contributed by atoms with Crippen LogP contribution in [0.4, 0.5) is 5.69 Å². The van der Waals surface area contributed by atoms with Gasteiger partial charge < -0.3 is 15.4 Å². The lowest BCUT2D eigenvalue weighted by atomic mass is 10.2. The maximum Gasteiger partial charge on any atom is 0.234 e. The molecule has 0 saturated carbocycles. The maximum absolute atomic E-state index is 11.7. The van der Waals surface area contributed by atoms with Crippen molar-refractivity contribution in [1.82, 2.24) is 5.32 Å². The molecule has 0 bridgehead atoms. The van der Waals surface area contributed by atoms with Gasteiger partial charge in [0.1, 0.15) is 0 Å². The Labute approximate surface area is 128 Å². The van der Waals surface area contributed by atoms with E-state index in [0.29, 0.717) is 6.54 Å². The third-order valence-electron chi connectivity index (χ3n) is 3.07. The van der Waals surface area contributed by atoms with Gasteiger partial charge in [-0.25, -0.2) is 0 Å². The first-order valence-electron chi connectivity index (χ1n) is 7.05. The lowest BCUT2D eigenvalue weighted by Gasteiger charge is -2.10. The van der Waals surface area contributed by atoms with Gasteiger partial charge in [0, 0.05) is 18.8 Å². The van der Waals surface area contributed by atoms with Crippen molar-refractivity contribution in [3.8, 4) is 0 Å². The Morgan fingerprint density at radius 1 is 1.19 bits per heavy atom. The topological polar surface area (TPSA) is 67.4 Å². The molecule has 1 atom stereocenters. The van der Waals surface area contributed by atoms with Crippen LogP contribution < -0.4 is 10.6 Å². The van der Waals surface area contributed by atoms with Gasteiger partial charge in [-0.2, -0.15) is 0 Å². The number of para-hydroxylation sites is 1. The Bertz CT molecular complexity index is 461. The first-order chi connectivity index (χ1) is 10.2. The van der Waals surface area contributed by atoms with Crippen LogP contribution in [0.1, 0.15) is 12.8 Å². The zero-order chi connectivity index (χ0) is 14.9. The van der Waals surface area contributed by atoms with E-state index in [0.717, 1.165) is 25.1 Å². The fourth-order valence-electron chi connectivity index (χ4n) is 2.04. The van der Waals surface area contributed by atoms with Crippen molar-refractivity contribution in [3.63, 3.8) is 0 Å². The van der Waals surface area contributed by atoms with Crippen molar-refractivity contribution in [3.05, 3.63) is 30.3 Å². The third kappa shape index (κ3) is 6.18. The molecule has 1 aliphatic heterocycles. The van der Waals surface area contributed by atoms with Crippen LogP contribution in [-0.2, 0) is 14.3 Å². The quantitative estimate of drug-likeness (QED) is 0.804. The van der Waals surface area contributed by atoms with Gasteiger partial charge >= 0.3 is 0 Å². The van der Waals surface area contributed by atoms with Gasteiger partial charge in [-0.1, -0.05) is 18.2 Å². The maximum atomic E-state index is 11.7. The summed E-state index contributed by atoms with van der Waals surface area (Å²) in [6.45, 7) is 1.35. The van der Waals surface area contributed by atoms with E-state index in [1.54, 1.807) is 0 Å². The van der Waals surface area contributed by atoms with Gasteiger partial charge in [0.25, 0.3) is 0 Å². The SMILES string of the molecule is O=C(CSCC(=O)Nc1ccccc1)NCC1CCCO1. The average Bonchev–Trinajstić information content (AvgIpc) is 2.99. The summed E-state index contributed by atoms with van der Waals surface area (Å²) in [7, 11) is 0. The monoisotopic (exact) mass is 308 g/mol. The van der Waals surface area contributed by atoms with Gasteiger partial charge in [0.15, 0.2) is 0 Å². The largest absolute Gasteiger partial charge is 0.376 e. The van der Waals surface area contributed by atoms with Crippen molar-refractivity contribution in [2.75, 3.05) is 30.0 Å². The highest BCUT2D eigenvalue weighted by Gasteiger charge is 2.16. The van der Waals surface area contributed by atoms with E-state index in [-0.39, 0.29) is 29.4 Å². The highest BCUT2D eigenvalue weighted by Crippen LogP contribution is 2.11. The number of nitrogens with one attached hydrogen (secondary N) is 2. The van der Waals surface area contributed by atoms with Crippen LogP contribution in [0.15, 0.2) is 30.3 Å². The number of benzene rings is 1. The van der Waals surface area contributed by atoms with Crippen LogP contribution in [0.2, 0.25) is 0 Å². The molecule has 2 amide bonds. The van der Waals surface area contributed by atoms with E-state index in [1.807, 2.05) is 30.3 Å². The molecule has 1 aromatic rings. The molecule has 1 unspecified atom stereocenters.